The highest BCUT2D eigenvalue weighted by Crippen LogP contribution is 2.42. The number of ether oxygens (including phenoxy) is 1. The predicted octanol–water partition coefficient (Wildman–Crippen LogP) is 0.420. The van der Waals surface area contributed by atoms with E-state index >= 15 is 0 Å². The summed E-state index contributed by atoms with van der Waals surface area (Å²) in [6, 6.07) is 4.96. The molecule has 0 aliphatic carbocycles. The number of aromatic hydroxyl groups is 1. The van der Waals surface area contributed by atoms with E-state index < -0.39 is 37.9 Å². The van der Waals surface area contributed by atoms with Gasteiger partial charge in [-0.1, -0.05) is 0 Å². The number of hydrogen-bond donors (Lipinski definition) is 2. The van der Waals surface area contributed by atoms with E-state index in [0.717, 1.165) is 11.3 Å². The lowest BCUT2D eigenvalue weighted by Crippen LogP contribution is -2.40. The Kier molecular flexibility index (Phi) is 5.18. The molecule has 0 fully saturated rings. The fourth-order valence-electron chi connectivity index (χ4n) is 3.75. The van der Waals surface area contributed by atoms with Gasteiger partial charge in [0.05, 0.1) is 23.2 Å². The van der Waals surface area contributed by atoms with Crippen molar-refractivity contribution in [2.24, 2.45) is 0 Å². The lowest BCUT2D eigenvalue weighted by Gasteiger charge is -2.18. The van der Waals surface area contributed by atoms with E-state index in [-0.39, 0.29) is 24.9 Å². The van der Waals surface area contributed by atoms with Crippen LogP contribution in [0.25, 0.3) is 0 Å². The van der Waals surface area contributed by atoms with Crippen molar-refractivity contribution in [3.63, 3.8) is 0 Å². The third-order valence-electron chi connectivity index (χ3n) is 5.27. The van der Waals surface area contributed by atoms with Crippen LogP contribution in [0.4, 0.5) is 5.69 Å². The fourth-order valence-corrected chi connectivity index (χ4v) is 4.25. The zero-order valence-corrected chi connectivity index (χ0v) is 16.7. The Bertz CT molecular complexity index is 1200. The summed E-state index contributed by atoms with van der Waals surface area (Å²) in [5.74, 6) is -0.676. The van der Waals surface area contributed by atoms with Gasteiger partial charge in [0, 0.05) is 18.1 Å². The molecule has 0 saturated heterocycles. The molecule has 2 N–H and O–H groups in total. The van der Waals surface area contributed by atoms with Crippen LogP contribution in [0.2, 0.25) is 0 Å². The third kappa shape index (κ3) is 3.73. The Morgan fingerprint density at radius 1 is 1.21 bits per heavy atom. The minimum Gasteiger partial charge on any atom is -0.504 e. The Labute approximate surface area is 166 Å². The number of hydrogen-bond acceptors (Lipinski definition) is 7. The number of fused-ring (bicyclic) bond motifs is 1. The summed E-state index contributed by atoms with van der Waals surface area (Å²) in [5, 5.41) is 9.78. The minimum absolute atomic E-state index is 0.00777. The van der Waals surface area contributed by atoms with E-state index in [0.29, 0.717) is 17.9 Å². The van der Waals surface area contributed by atoms with Gasteiger partial charge < -0.3 is 9.84 Å². The van der Waals surface area contributed by atoms with Crippen LogP contribution < -0.4 is 15.6 Å². The first-order chi connectivity index (χ1) is 13.5. The molecule has 1 aliphatic rings. The summed E-state index contributed by atoms with van der Waals surface area (Å²) in [4.78, 5) is 33.9. The van der Waals surface area contributed by atoms with Crippen LogP contribution in [0.5, 0.6) is 11.5 Å². The van der Waals surface area contributed by atoms with Gasteiger partial charge in [-0.25, -0.2) is 0 Å². The molecule has 10 heteroatoms. The number of nitrogens with zero attached hydrogens (tertiary/aromatic N) is 1. The molecule has 29 heavy (non-hydrogen) atoms. The van der Waals surface area contributed by atoms with Gasteiger partial charge in [-0.3, -0.25) is 18.9 Å². The highest BCUT2D eigenvalue weighted by atomic mass is 32.2. The van der Waals surface area contributed by atoms with Gasteiger partial charge in [-0.2, -0.15) is 13.0 Å². The summed E-state index contributed by atoms with van der Waals surface area (Å²) in [5.41, 5.74) is -0.155. The highest BCUT2D eigenvalue weighted by molar-refractivity contribution is 7.85. The smallest absolute Gasteiger partial charge is 0.298 e. The summed E-state index contributed by atoms with van der Waals surface area (Å²) in [6.45, 7) is 4.27. The summed E-state index contributed by atoms with van der Waals surface area (Å²) in [6.07, 6.45) is 0.121. The van der Waals surface area contributed by atoms with E-state index in [4.69, 9.17) is 9.29 Å². The highest BCUT2D eigenvalue weighted by Gasteiger charge is 2.46. The van der Waals surface area contributed by atoms with Crippen molar-refractivity contribution in [2.75, 3.05) is 12.3 Å². The van der Waals surface area contributed by atoms with Crippen molar-refractivity contribution < 1.29 is 32.2 Å². The molecule has 0 saturated carbocycles. The van der Waals surface area contributed by atoms with Gasteiger partial charge in [0.2, 0.25) is 11.1 Å². The van der Waals surface area contributed by atoms with Crippen LogP contribution in [0, 0.1) is 0 Å². The average Bonchev–Trinajstić information content (AvgIpc) is 2.85. The van der Waals surface area contributed by atoms with E-state index in [1.54, 1.807) is 18.2 Å². The molecular formula is C19H20NO8S+. The van der Waals surface area contributed by atoms with Crippen molar-refractivity contribution in [1.29, 1.82) is 0 Å². The molecule has 0 amide bonds. The van der Waals surface area contributed by atoms with Crippen LogP contribution in [0.1, 0.15) is 31.4 Å². The topological polar surface area (TPSA) is 138 Å². The Morgan fingerprint density at radius 2 is 1.90 bits per heavy atom. The first-order valence-corrected chi connectivity index (χ1v) is 10.4. The summed E-state index contributed by atoms with van der Waals surface area (Å²) < 4.78 is 37.9. The standard InChI is InChI=1S/C19H19NO8S/c1-19(2)13-8-11(28-10-21)4-5-14(13)20(6-3-7-29(25,26)27)15(19)9-12-16(22)18(24)17(12)23/h4-5,8,10H,3,6-7,9H2,1-2H3,(H-,22,23,25,26,27)/p+1. The first-order valence-electron chi connectivity index (χ1n) is 8.82. The van der Waals surface area contributed by atoms with Gasteiger partial charge >= 0.3 is 0 Å². The fraction of sp³-hybridized carbons (Fsp3) is 0.368. The van der Waals surface area contributed by atoms with Crippen LogP contribution in [-0.2, 0) is 26.7 Å². The molecule has 9 nitrogen and oxygen atoms in total. The van der Waals surface area contributed by atoms with Gasteiger partial charge in [0.15, 0.2) is 11.5 Å². The molecule has 3 rings (SSSR count). The molecule has 1 aliphatic heterocycles. The zero-order chi connectivity index (χ0) is 21.6. The molecule has 0 spiro atoms. The molecule has 154 valence electrons. The molecule has 0 atom stereocenters. The Hall–Kier alpha value is -2.85. The van der Waals surface area contributed by atoms with E-state index in [9.17, 15) is 27.9 Å². The lowest BCUT2D eigenvalue weighted by molar-refractivity contribution is -0.439. The van der Waals surface area contributed by atoms with Crippen molar-refractivity contribution in [3.8, 4) is 11.5 Å². The van der Waals surface area contributed by atoms with Crippen molar-refractivity contribution in [1.82, 2.24) is 0 Å². The average molecular weight is 422 g/mol. The molecule has 0 unspecified atom stereocenters. The molecule has 1 heterocycles. The van der Waals surface area contributed by atoms with E-state index in [1.807, 2.05) is 18.4 Å². The molecular weight excluding hydrogens is 402 g/mol. The minimum atomic E-state index is -4.14. The second-order valence-electron chi connectivity index (χ2n) is 7.42. The number of benzene rings is 1. The lowest BCUT2D eigenvalue weighted by atomic mass is 9.79. The normalized spacial score (nSPS) is 15.6. The molecule has 2 aromatic rings. The van der Waals surface area contributed by atoms with Crippen molar-refractivity contribution in [3.05, 3.63) is 49.8 Å². The van der Waals surface area contributed by atoms with Crippen LogP contribution in [0.3, 0.4) is 0 Å². The largest absolute Gasteiger partial charge is 0.504 e. The second kappa shape index (κ2) is 7.20. The molecule has 2 aromatic carbocycles. The van der Waals surface area contributed by atoms with Crippen LogP contribution >= 0.6 is 0 Å². The van der Waals surface area contributed by atoms with Crippen molar-refractivity contribution >= 4 is 28.0 Å². The quantitative estimate of drug-likeness (QED) is 0.270. The van der Waals surface area contributed by atoms with Crippen LogP contribution in [-0.4, -0.2) is 47.1 Å². The molecule has 0 aromatic heterocycles. The first kappa shape index (κ1) is 20.9. The maximum absolute atomic E-state index is 11.9. The van der Waals surface area contributed by atoms with Gasteiger partial charge in [0.25, 0.3) is 22.0 Å². The number of carbonyl (C=O) groups excluding carboxylic acids is 1. The van der Waals surface area contributed by atoms with E-state index in [2.05, 4.69) is 0 Å². The number of carbonyl (C=O) groups is 1. The number of rotatable bonds is 8. The maximum atomic E-state index is 11.9. The predicted molar refractivity (Wildman–Crippen MR) is 104 cm³/mol. The maximum Gasteiger partial charge on any atom is 0.298 e. The van der Waals surface area contributed by atoms with E-state index in [1.165, 1.54) is 0 Å². The molecule has 0 radical (unpaired) electrons. The SMILES string of the molecule is CC1(C)C(Cc2c(O)c(=O)c2=O)=[N+](CCCS(=O)(=O)O)c2ccc(OC=O)cc21. The molecule has 0 bridgehead atoms. The van der Waals surface area contributed by atoms with Crippen LogP contribution in [0.15, 0.2) is 27.8 Å². The zero-order valence-electron chi connectivity index (χ0n) is 15.8. The summed E-state index contributed by atoms with van der Waals surface area (Å²) >= 11 is 0. The van der Waals surface area contributed by atoms with Gasteiger partial charge in [0.1, 0.15) is 12.3 Å². The Morgan fingerprint density at radius 3 is 2.48 bits per heavy atom. The van der Waals surface area contributed by atoms with Gasteiger partial charge in [-0.05, 0) is 26.0 Å². The van der Waals surface area contributed by atoms with Gasteiger partial charge in [-0.15, -0.1) is 0 Å². The second-order valence-corrected chi connectivity index (χ2v) is 8.99. The van der Waals surface area contributed by atoms with Crippen molar-refractivity contribution in [2.45, 2.75) is 32.1 Å². The summed E-state index contributed by atoms with van der Waals surface area (Å²) in [7, 11) is -4.14. The monoisotopic (exact) mass is 422 g/mol. The third-order valence-corrected chi connectivity index (χ3v) is 6.08. The Balaban J connectivity index is 2.07.